The van der Waals surface area contributed by atoms with Crippen LogP contribution in [0.15, 0.2) is 12.4 Å². The first-order chi connectivity index (χ1) is 9.08. The minimum atomic E-state index is -0.787. The summed E-state index contributed by atoms with van der Waals surface area (Å²) in [5.74, 6) is 0. The molecule has 0 aliphatic heterocycles. The largest absolute Gasteiger partial charge is 0.382 e. The normalized spacial score (nSPS) is 12.9. The molecule has 0 saturated heterocycles. The molecule has 0 spiro atoms. The van der Waals surface area contributed by atoms with Gasteiger partial charge in [0.05, 0.1) is 22.6 Å². The SMILES string of the molecule is CCCn1ncc(Cl)c1C(O)c1cn(C)nc1CC. The molecule has 1 N–H and O–H groups in total. The molecule has 0 fully saturated rings. The van der Waals surface area contributed by atoms with Gasteiger partial charge in [0.25, 0.3) is 0 Å². The predicted octanol–water partition coefficient (Wildman–Crippen LogP) is 2.32. The van der Waals surface area contributed by atoms with Crippen LogP contribution in [0.5, 0.6) is 0 Å². The second kappa shape index (κ2) is 5.75. The summed E-state index contributed by atoms with van der Waals surface area (Å²) in [6.07, 6.45) is 4.34. The Bertz CT molecular complexity index is 561. The summed E-state index contributed by atoms with van der Waals surface area (Å²) in [6, 6.07) is 0. The van der Waals surface area contributed by atoms with Gasteiger partial charge in [-0.25, -0.2) is 0 Å². The van der Waals surface area contributed by atoms with E-state index in [0.29, 0.717) is 10.7 Å². The lowest BCUT2D eigenvalue weighted by Gasteiger charge is -2.13. The van der Waals surface area contributed by atoms with Crippen LogP contribution in [-0.4, -0.2) is 24.7 Å². The third-order valence-corrected chi connectivity index (χ3v) is 3.39. The first-order valence-corrected chi connectivity index (χ1v) is 6.87. The molecule has 0 aliphatic carbocycles. The standard InChI is InChI=1S/C13H19ClN4O/c1-4-6-18-12(10(14)7-15-18)13(19)9-8-17(3)16-11(9)5-2/h7-8,13,19H,4-6H2,1-3H3. The third-order valence-electron chi connectivity index (χ3n) is 3.09. The van der Waals surface area contributed by atoms with E-state index in [-0.39, 0.29) is 0 Å². The van der Waals surface area contributed by atoms with Gasteiger partial charge in [-0.3, -0.25) is 9.36 Å². The Morgan fingerprint density at radius 3 is 2.79 bits per heavy atom. The van der Waals surface area contributed by atoms with Crippen molar-refractivity contribution in [3.63, 3.8) is 0 Å². The lowest BCUT2D eigenvalue weighted by molar-refractivity contribution is 0.206. The van der Waals surface area contributed by atoms with Crippen LogP contribution in [0, 0.1) is 0 Å². The quantitative estimate of drug-likeness (QED) is 0.916. The number of aryl methyl sites for hydroxylation is 3. The second-order valence-corrected chi connectivity index (χ2v) is 4.97. The minimum Gasteiger partial charge on any atom is -0.382 e. The molecule has 1 unspecified atom stereocenters. The summed E-state index contributed by atoms with van der Waals surface area (Å²) in [4.78, 5) is 0. The van der Waals surface area contributed by atoms with Gasteiger partial charge in [-0.05, 0) is 12.8 Å². The van der Waals surface area contributed by atoms with Crippen molar-refractivity contribution in [1.29, 1.82) is 0 Å². The lowest BCUT2D eigenvalue weighted by Crippen LogP contribution is -2.11. The molecule has 19 heavy (non-hydrogen) atoms. The van der Waals surface area contributed by atoms with Crippen molar-refractivity contribution in [2.75, 3.05) is 0 Å². The molecule has 104 valence electrons. The molecule has 0 saturated carbocycles. The van der Waals surface area contributed by atoms with Crippen LogP contribution in [-0.2, 0) is 20.0 Å². The van der Waals surface area contributed by atoms with Crippen LogP contribution in [0.1, 0.15) is 43.3 Å². The molecule has 2 rings (SSSR count). The molecular weight excluding hydrogens is 264 g/mol. The maximum atomic E-state index is 10.6. The minimum absolute atomic E-state index is 0.492. The van der Waals surface area contributed by atoms with Gasteiger partial charge in [-0.15, -0.1) is 0 Å². The number of rotatable bonds is 5. The van der Waals surface area contributed by atoms with Crippen molar-refractivity contribution >= 4 is 11.6 Å². The molecule has 0 aromatic carbocycles. The molecular formula is C13H19ClN4O. The van der Waals surface area contributed by atoms with Gasteiger partial charge in [0.2, 0.25) is 0 Å². The molecule has 1 atom stereocenters. The lowest BCUT2D eigenvalue weighted by atomic mass is 10.1. The van der Waals surface area contributed by atoms with E-state index >= 15 is 0 Å². The fourth-order valence-electron chi connectivity index (χ4n) is 2.24. The van der Waals surface area contributed by atoms with Gasteiger partial charge >= 0.3 is 0 Å². The zero-order chi connectivity index (χ0) is 14.0. The summed E-state index contributed by atoms with van der Waals surface area (Å²) in [7, 11) is 1.85. The van der Waals surface area contributed by atoms with E-state index in [0.717, 1.165) is 30.6 Å². The Kier molecular flexibility index (Phi) is 4.27. The van der Waals surface area contributed by atoms with Gasteiger partial charge < -0.3 is 5.11 Å². The van der Waals surface area contributed by atoms with Crippen LogP contribution in [0.2, 0.25) is 5.02 Å². The fourth-order valence-corrected chi connectivity index (χ4v) is 2.48. The zero-order valence-electron chi connectivity index (χ0n) is 11.5. The average Bonchev–Trinajstić information content (AvgIpc) is 2.93. The van der Waals surface area contributed by atoms with E-state index in [1.54, 1.807) is 15.6 Å². The van der Waals surface area contributed by atoms with Crippen molar-refractivity contribution in [2.45, 2.75) is 39.3 Å². The van der Waals surface area contributed by atoms with Gasteiger partial charge in [-0.1, -0.05) is 25.4 Å². The first kappa shape index (κ1) is 14.1. The topological polar surface area (TPSA) is 55.9 Å². The van der Waals surface area contributed by atoms with Crippen LogP contribution >= 0.6 is 11.6 Å². The first-order valence-electron chi connectivity index (χ1n) is 6.50. The number of halogens is 1. The fraction of sp³-hybridized carbons (Fsp3) is 0.538. The predicted molar refractivity (Wildman–Crippen MR) is 74.2 cm³/mol. The van der Waals surface area contributed by atoms with E-state index in [2.05, 4.69) is 17.1 Å². The summed E-state index contributed by atoms with van der Waals surface area (Å²) in [5, 5.41) is 19.6. The van der Waals surface area contributed by atoms with E-state index in [9.17, 15) is 5.11 Å². The molecule has 5 nitrogen and oxygen atoms in total. The molecule has 6 heteroatoms. The maximum absolute atomic E-state index is 10.6. The maximum Gasteiger partial charge on any atom is 0.125 e. The molecule has 0 aliphatic rings. The summed E-state index contributed by atoms with van der Waals surface area (Å²) in [6.45, 7) is 4.82. The highest BCUT2D eigenvalue weighted by atomic mass is 35.5. The molecule has 2 heterocycles. The highest BCUT2D eigenvalue weighted by Gasteiger charge is 2.23. The van der Waals surface area contributed by atoms with Crippen LogP contribution < -0.4 is 0 Å². The number of aliphatic hydroxyl groups is 1. The van der Waals surface area contributed by atoms with Crippen molar-refractivity contribution in [2.24, 2.45) is 7.05 Å². The van der Waals surface area contributed by atoms with E-state index in [1.165, 1.54) is 0 Å². The number of nitrogens with zero attached hydrogens (tertiary/aromatic N) is 4. The Balaban J connectivity index is 2.43. The molecule has 2 aromatic rings. The Hall–Kier alpha value is -1.33. The van der Waals surface area contributed by atoms with Crippen LogP contribution in [0.25, 0.3) is 0 Å². The highest BCUT2D eigenvalue weighted by molar-refractivity contribution is 6.31. The second-order valence-electron chi connectivity index (χ2n) is 4.56. The van der Waals surface area contributed by atoms with E-state index in [1.807, 2.05) is 20.2 Å². The number of hydrogen-bond donors (Lipinski definition) is 1. The van der Waals surface area contributed by atoms with Crippen LogP contribution in [0.3, 0.4) is 0 Å². The molecule has 0 amide bonds. The van der Waals surface area contributed by atoms with E-state index in [4.69, 9.17) is 11.6 Å². The van der Waals surface area contributed by atoms with Gasteiger partial charge in [0.15, 0.2) is 0 Å². The molecule has 2 aromatic heterocycles. The van der Waals surface area contributed by atoms with Crippen molar-refractivity contribution in [3.8, 4) is 0 Å². The Labute approximate surface area is 117 Å². The van der Waals surface area contributed by atoms with Crippen molar-refractivity contribution < 1.29 is 5.11 Å². The number of aromatic nitrogens is 4. The summed E-state index contributed by atoms with van der Waals surface area (Å²) < 4.78 is 3.48. The summed E-state index contributed by atoms with van der Waals surface area (Å²) >= 11 is 6.16. The van der Waals surface area contributed by atoms with E-state index < -0.39 is 6.10 Å². The number of aliphatic hydroxyl groups excluding tert-OH is 1. The highest BCUT2D eigenvalue weighted by Crippen LogP contribution is 2.30. The van der Waals surface area contributed by atoms with Gasteiger partial charge in [0, 0.05) is 25.4 Å². The molecule has 0 bridgehead atoms. The van der Waals surface area contributed by atoms with Gasteiger partial charge in [-0.2, -0.15) is 10.2 Å². The van der Waals surface area contributed by atoms with Gasteiger partial charge in [0.1, 0.15) is 6.10 Å². The third kappa shape index (κ3) is 2.67. The van der Waals surface area contributed by atoms with Crippen LogP contribution in [0.4, 0.5) is 0 Å². The zero-order valence-corrected chi connectivity index (χ0v) is 12.2. The monoisotopic (exact) mass is 282 g/mol. The molecule has 0 radical (unpaired) electrons. The summed E-state index contributed by atoms with van der Waals surface area (Å²) in [5.41, 5.74) is 2.33. The van der Waals surface area contributed by atoms with Crippen molar-refractivity contribution in [1.82, 2.24) is 19.6 Å². The Morgan fingerprint density at radius 2 is 2.16 bits per heavy atom. The smallest absolute Gasteiger partial charge is 0.125 e. The number of hydrogen-bond acceptors (Lipinski definition) is 3. The Morgan fingerprint density at radius 1 is 1.42 bits per heavy atom. The average molecular weight is 283 g/mol. The van der Waals surface area contributed by atoms with Crippen molar-refractivity contribution in [3.05, 3.63) is 34.4 Å².